The van der Waals surface area contributed by atoms with Crippen molar-refractivity contribution in [3.05, 3.63) is 29.8 Å². The number of hydrogen-bond acceptors (Lipinski definition) is 5. The van der Waals surface area contributed by atoms with Crippen molar-refractivity contribution in [2.24, 2.45) is 0 Å². The van der Waals surface area contributed by atoms with Crippen molar-refractivity contribution < 1.29 is 31.5 Å². The Bertz CT molecular complexity index is 822. The van der Waals surface area contributed by atoms with Crippen LogP contribution in [0.15, 0.2) is 23.1 Å². The summed E-state index contributed by atoms with van der Waals surface area (Å²) in [7, 11) is -2.46. The van der Waals surface area contributed by atoms with E-state index in [-0.39, 0.29) is 42.6 Å². The standard InChI is InChI=1S/C19H26F2N2O5S/c1-27-13-19(24)23(15-6-10-28-11-7-15)14-4-8-22(9-5-14)29(25,26)16-2-3-17(20)18(21)12-16/h2-3,12,14-15H,4-11,13H2,1H3. The number of carbonyl (C=O) groups excluding carboxylic acids is 1. The predicted octanol–water partition coefficient (Wildman–Crippen LogP) is 1.77. The van der Waals surface area contributed by atoms with Gasteiger partial charge in [0.15, 0.2) is 11.6 Å². The van der Waals surface area contributed by atoms with Crippen LogP contribution in [-0.4, -0.2) is 75.6 Å². The number of sulfonamides is 1. The molecule has 1 aromatic rings. The van der Waals surface area contributed by atoms with Crippen molar-refractivity contribution in [2.45, 2.75) is 42.7 Å². The van der Waals surface area contributed by atoms with Crippen molar-refractivity contribution in [1.29, 1.82) is 0 Å². The minimum atomic E-state index is -3.93. The van der Waals surface area contributed by atoms with Crippen LogP contribution in [0, 0.1) is 11.6 Å². The van der Waals surface area contributed by atoms with E-state index in [9.17, 15) is 22.0 Å². The Morgan fingerprint density at radius 3 is 2.34 bits per heavy atom. The second-order valence-electron chi connectivity index (χ2n) is 7.29. The number of carbonyl (C=O) groups is 1. The lowest BCUT2D eigenvalue weighted by Gasteiger charge is -2.43. The Hall–Kier alpha value is -1.62. The Morgan fingerprint density at radius 1 is 1.14 bits per heavy atom. The number of ether oxygens (including phenoxy) is 2. The summed E-state index contributed by atoms with van der Waals surface area (Å²) < 4.78 is 63.9. The third-order valence-corrected chi connectivity index (χ3v) is 7.38. The van der Waals surface area contributed by atoms with Crippen LogP contribution in [0.25, 0.3) is 0 Å². The third kappa shape index (κ3) is 4.93. The normalized spacial score (nSPS) is 20.0. The molecule has 0 spiro atoms. The van der Waals surface area contributed by atoms with Gasteiger partial charge in [-0.3, -0.25) is 4.79 Å². The van der Waals surface area contributed by atoms with Gasteiger partial charge < -0.3 is 14.4 Å². The van der Waals surface area contributed by atoms with Gasteiger partial charge in [-0.15, -0.1) is 0 Å². The van der Waals surface area contributed by atoms with Crippen LogP contribution in [0.3, 0.4) is 0 Å². The smallest absolute Gasteiger partial charge is 0.249 e. The van der Waals surface area contributed by atoms with Gasteiger partial charge >= 0.3 is 0 Å². The highest BCUT2D eigenvalue weighted by Gasteiger charge is 2.37. The summed E-state index contributed by atoms with van der Waals surface area (Å²) in [6.07, 6.45) is 2.41. The molecule has 1 aromatic carbocycles. The highest BCUT2D eigenvalue weighted by atomic mass is 32.2. The van der Waals surface area contributed by atoms with Crippen molar-refractivity contribution in [1.82, 2.24) is 9.21 Å². The lowest BCUT2D eigenvalue weighted by Crippen LogP contribution is -2.54. The number of amides is 1. The van der Waals surface area contributed by atoms with Crippen molar-refractivity contribution in [3.8, 4) is 0 Å². The lowest BCUT2D eigenvalue weighted by atomic mass is 9.98. The maximum atomic E-state index is 13.5. The van der Waals surface area contributed by atoms with Gasteiger partial charge in [-0.2, -0.15) is 4.31 Å². The number of halogens is 2. The van der Waals surface area contributed by atoms with E-state index in [1.54, 1.807) is 0 Å². The van der Waals surface area contributed by atoms with Gasteiger partial charge in [0.05, 0.1) is 4.90 Å². The van der Waals surface area contributed by atoms with E-state index in [1.807, 2.05) is 4.90 Å². The van der Waals surface area contributed by atoms with Gasteiger partial charge in [-0.1, -0.05) is 0 Å². The molecule has 2 aliphatic rings. The van der Waals surface area contributed by atoms with Crippen LogP contribution < -0.4 is 0 Å². The van der Waals surface area contributed by atoms with Crippen LogP contribution in [0.1, 0.15) is 25.7 Å². The maximum Gasteiger partial charge on any atom is 0.249 e. The summed E-state index contributed by atoms with van der Waals surface area (Å²) in [6, 6.07) is 2.53. The summed E-state index contributed by atoms with van der Waals surface area (Å²) >= 11 is 0. The SMILES string of the molecule is COCC(=O)N(C1CCOCC1)C1CCN(S(=O)(=O)c2ccc(F)c(F)c2)CC1. The molecule has 2 fully saturated rings. The van der Waals surface area contributed by atoms with Crippen LogP contribution in [0.4, 0.5) is 8.78 Å². The van der Waals surface area contributed by atoms with E-state index in [2.05, 4.69) is 0 Å². The van der Waals surface area contributed by atoms with Crippen LogP contribution in [0.5, 0.6) is 0 Å². The molecule has 2 aliphatic heterocycles. The lowest BCUT2D eigenvalue weighted by molar-refractivity contribution is -0.143. The largest absolute Gasteiger partial charge is 0.381 e. The average Bonchev–Trinajstić information content (AvgIpc) is 2.71. The number of benzene rings is 1. The van der Waals surface area contributed by atoms with Gasteiger partial charge in [0.25, 0.3) is 0 Å². The van der Waals surface area contributed by atoms with Crippen molar-refractivity contribution >= 4 is 15.9 Å². The first-order valence-corrected chi connectivity index (χ1v) is 11.1. The van der Waals surface area contributed by atoms with Gasteiger partial charge in [-0.05, 0) is 43.9 Å². The zero-order valence-corrected chi connectivity index (χ0v) is 17.2. The van der Waals surface area contributed by atoms with E-state index in [0.717, 1.165) is 25.0 Å². The Balaban J connectivity index is 1.71. The molecule has 162 valence electrons. The molecule has 0 saturated carbocycles. The second kappa shape index (κ2) is 9.46. The molecule has 0 aliphatic carbocycles. The highest BCUT2D eigenvalue weighted by Crippen LogP contribution is 2.27. The van der Waals surface area contributed by atoms with E-state index >= 15 is 0 Å². The number of hydrogen-bond donors (Lipinski definition) is 0. The molecular formula is C19H26F2N2O5S. The molecule has 0 aromatic heterocycles. The molecule has 2 saturated heterocycles. The maximum absolute atomic E-state index is 13.5. The monoisotopic (exact) mass is 432 g/mol. The van der Waals surface area contributed by atoms with E-state index in [1.165, 1.54) is 11.4 Å². The Morgan fingerprint density at radius 2 is 1.76 bits per heavy atom. The zero-order valence-electron chi connectivity index (χ0n) is 16.4. The fraction of sp³-hybridized carbons (Fsp3) is 0.632. The van der Waals surface area contributed by atoms with Crippen LogP contribution in [-0.2, 0) is 24.3 Å². The minimum Gasteiger partial charge on any atom is -0.381 e. The number of methoxy groups -OCH3 is 1. The highest BCUT2D eigenvalue weighted by molar-refractivity contribution is 7.89. The first-order valence-electron chi connectivity index (χ1n) is 9.67. The molecule has 3 rings (SSSR count). The molecule has 1 amide bonds. The molecular weight excluding hydrogens is 406 g/mol. The number of piperidine rings is 1. The third-order valence-electron chi connectivity index (χ3n) is 5.49. The fourth-order valence-corrected chi connectivity index (χ4v) is 5.50. The molecule has 0 bridgehead atoms. The minimum absolute atomic E-state index is 0.0231. The second-order valence-corrected chi connectivity index (χ2v) is 9.23. The quantitative estimate of drug-likeness (QED) is 0.685. The first-order chi connectivity index (χ1) is 13.8. The number of nitrogens with zero attached hydrogens (tertiary/aromatic N) is 2. The van der Waals surface area contributed by atoms with E-state index < -0.39 is 21.7 Å². The summed E-state index contributed by atoms with van der Waals surface area (Å²) in [5.41, 5.74) is 0. The predicted molar refractivity (Wildman–Crippen MR) is 101 cm³/mol. The fourth-order valence-electron chi connectivity index (χ4n) is 4.01. The van der Waals surface area contributed by atoms with Crippen LogP contribution >= 0.6 is 0 Å². The topological polar surface area (TPSA) is 76.2 Å². The molecule has 29 heavy (non-hydrogen) atoms. The van der Waals surface area contributed by atoms with Gasteiger partial charge in [0.2, 0.25) is 15.9 Å². The van der Waals surface area contributed by atoms with Gasteiger partial charge in [0, 0.05) is 45.5 Å². The zero-order chi connectivity index (χ0) is 21.0. The molecule has 0 N–H and O–H groups in total. The summed E-state index contributed by atoms with van der Waals surface area (Å²) in [5, 5.41) is 0. The van der Waals surface area contributed by atoms with Gasteiger partial charge in [-0.25, -0.2) is 17.2 Å². The molecule has 7 nitrogen and oxygen atoms in total. The average molecular weight is 432 g/mol. The summed E-state index contributed by atoms with van der Waals surface area (Å²) in [4.78, 5) is 14.2. The first kappa shape index (κ1) is 22.1. The van der Waals surface area contributed by atoms with E-state index in [4.69, 9.17) is 9.47 Å². The molecule has 0 unspecified atom stereocenters. The molecule has 10 heteroatoms. The number of rotatable bonds is 6. The molecule has 2 heterocycles. The molecule has 0 radical (unpaired) electrons. The summed E-state index contributed by atoms with van der Waals surface area (Å²) in [5.74, 6) is -2.40. The molecule has 0 atom stereocenters. The van der Waals surface area contributed by atoms with E-state index in [0.29, 0.717) is 32.1 Å². The van der Waals surface area contributed by atoms with Crippen molar-refractivity contribution in [2.75, 3.05) is 40.0 Å². The summed E-state index contributed by atoms with van der Waals surface area (Å²) in [6.45, 7) is 1.55. The Labute approximate surface area is 169 Å². The Kier molecular flexibility index (Phi) is 7.20. The van der Waals surface area contributed by atoms with Gasteiger partial charge in [0.1, 0.15) is 6.61 Å². The van der Waals surface area contributed by atoms with Crippen molar-refractivity contribution in [3.63, 3.8) is 0 Å². The van der Waals surface area contributed by atoms with Crippen LogP contribution in [0.2, 0.25) is 0 Å².